The van der Waals surface area contributed by atoms with Crippen LogP contribution in [-0.2, 0) is 9.47 Å². The second kappa shape index (κ2) is 11.8. The molecule has 4 rings (SSSR count). The summed E-state index contributed by atoms with van der Waals surface area (Å²) in [6, 6.07) is 37.0. The van der Waals surface area contributed by atoms with Crippen LogP contribution < -0.4 is 0 Å². The van der Waals surface area contributed by atoms with Gasteiger partial charge >= 0.3 is 0 Å². The highest BCUT2D eigenvalue weighted by molar-refractivity contribution is 6.00. The van der Waals surface area contributed by atoms with Gasteiger partial charge in [0, 0.05) is 11.1 Å². The minimum absolute atomic E-state index is 0.119. The Kier molecular flexibility index (Phi) is 8.12. The van der Waals surface area contributed by atoms with Crippen LogP contribution in [0.3, 0.4) is 0 Å². The van der Waals surface area contributed by atoms with Crippen molar-refractivity contribution in [3.05, 3.63) is 144 Å². The van der Waals surface area contributed by atoms with E-state index in [9.17, 15) is 9.59 Å². The van der Waals surface area contributed by atoms with E-state index in [4.69, 9.17) is 9.47 Å². The van der Waals surface area contributed by atoms with Gasteiger partial charge in [-0.3, -0.25) is 9.59 Å². The van der Waals surface area contributed by atoms with Crippen molar-refractivity contribution in [3.8, 4) is 0 Å². The molecule has 170 valence electrons. The molecular weight excluding hydrogens is 424 g/mol. The van der Waals surface area contributed by atoms with Crippen molar-refractivity contribution in [2.45, 2.75) is 12.2 Å². The number of ketones is 2. The molecule has 0 amide bonds. The second-order valence-corrected chi connectivity index (χ2v) is 7.78. The first-order valence-electron chi connectivity index (χ1n) is 11.3. The first-order chi connectivity index (χ1) is 16.7. The number of rotatable bonds is 11. The molecule has 0 saturated heterocycles. The first kappa shape index (κ1) is 23.3. The highest BCUT2D eigenvalue weighted by Crippen LogP contribution is 2.25. The van der Waals surface area contributed by atoms with Gasteiger partial charge in [-0.05, 0) is 11.1 Å². The van der Waals surface area contributed by atoms with Gasteiger partial charge in [-0.2, -0.15) is 0 Å². The van der Waals surface area contributed by atoms with Gasteiger partial charge in [-0.15, -0.1) is 0 Å². The fraction of sp³-hybridized carbons (Fsp3) is 0.133. The Morgan fingerprint density at radius 2 is 0.765 bits per heavy atom. The maximum atomic E-state index is 13.2. The maximum absolute atomic E-state index is 13.2. The van der Waals surface area contributed by atoms with Crippen LogP contribution in [-0.4, -0.2) is 24.8 Å². The molecule has 0 radical (unpaired) electrons. The minimum Gasteiger partial charge on any atom is -0.363 e. The molecule has 0 aliphatic heterocycles. The average molecular weight is 451 g/mol. The third kappa shape index (κ3) is 5.93. The number of benzene rings is 4. The smallest absolute Gasteiger partial charge is 0.196 e. The van der Waals surface area contributed by atoms with E-state index < -0.39 is 12.2 Å². The summed E-state index contributed by atoms with van der Waals surface area (Å²) in [6.45, 7) is 0.313. The van der Waals surface area contributed by atoms with Gasteiger partial charge in [0.1, 0.15) is 12.2 Å². The molecule has 0 aromatic heterocycles. The van der Waals surface area contributed by atoms with Gasteiger partial charge in [0.2, 0.25) is 0 Å². The van der Waals surface area contributed by atoms with E-state index in [1.807, 2.05) is 97.1 Å². The summed E-state index contributed by atoms with van der Waals surface area (Å²) in [5.41, 5.74) is 2.71. The van der Waals surface area contributed by atoms with Gasteiger partial charge in [-0.1, -0.05) is 121 Å². The van der Waals surface area contributed by atoms with Crippen molar-refractivity contribution in [2.24, 2.45) is 0 Å². The molecule has 2 unspecified atom stereocenters. The topological polar surface area (TPSA) is 52.6 Å². The van der Waals surface area contributed by atoms with Crippen LogP contribution in [0.5, 0.6) is 0 Å². The van der Waals surface area contributed by atoms with Gasteiger partial charge in [0.05, 0.1) is 13.2 Å². The molecule has 2 atom stereocenters. The van der Waals surface area contributed by atoms with Crippen molar-refractivity contribution in [1.82, 2.24) is 0 Å². The number of Topliss-reactive ketones (excluding diaryl/α,β-unsaturated/α-hetero) is 2. The molecule has 34 heavy (non-hydrogen) atoms. The van der Waals surface area contributed by atoms with Crippen LogP contribution in [0.25, 0.3) is 0 Å². The lowest BCUT2D eigenvalue weighted by molar-refractivity contribution is -0.0122. The molecule has 0 aliphatic rings. The van der Waals surface area contributed by atoms with Gasteiger partial charge in [-0.25, -0.2) is 0 Å². The quantitative estimate of drug-likeness (QED) is 0.200. The van der Waals surface area contributed by atoms with Gasteiger partial charge in [0.15, 0.2) is 11.6 Å². The highest BCUT2D eigenvalue weighted by Gasteiger charge is 2.25. The predicted octanol–water partition coefficient (Wildman–Crippen LogP) is 6.27. The fourth-order valence-electron chi connectivity index (χ4n) is 3.74. The van der Waals surface area contributed by atoms with Crippen LogP contribution in [0.15, 0.2) is 121 Å². The van der Waals surface area contributed by atoms with Crippen molar-refractivity contribution in [3.63, 3.8) is 0 Å². The van der Waals surface area contributed by atoms with E-state index >= 15 is 0 Å². The third-order valence-corrected chi connectivity index (χ3v) is 5.45. The molecule has 4 aromatic rings. The molecule has 4 aromatic carbocycles. The molecule has 0 spiro atoms. The Bertz CT molecular complexity index is 1080. The number of hydrogen-bond acceptors (Lipinski definition) is 4. The van der Waals surface area contributed by atoms with Crippen LogP contribution in [0.1, 0.15) is 44.1 Å². The summed E-state index contributed by atoms with van der Waals surface area (Å²) in [5, 5.41) is 0. The lowest BCUT2D eigenvalue weighted by Crippen LogP contribution is -2.22. The number of hydrogen-bond donors (Lipinski definition) is 0. The summed E-state index contributed by atoms with van der Waals surface area (Å²) in [7, 11) is 0. The summed E-state index contributed by atoms with van der Waals surface area (Å²) in [5.74, 6) is -0.237. The van der Waals surface area contributed by atoms with Crippen molar-refractivity contribution in [2.75, 3.05) is 13.2 Å². The average Bonchev–Trinajstić information content (AvgIpc) is 2.92. The Balaban J connectivity index is 1.46. The zero-order chi connectivity index (χ0) is 23.6. The summed E-state index contributed by atoms with van der Waals surface area (Å²) in [4.78, 5) is 26.3. The molecule has 0 fully saturated rings. The monoisotopic (exact) mass is 450 g/mol. The summed E-state index contributed by atoms with van der Waals surface area (Å²) in [6.07, 6.45) is -1.51. The van der Waals surface area contributed by atoms with Crippen molar-refractivity contribution < 1.29 is 19.1 Å². The predicted molar refractivity (Wildman–Crippen MR) is 132 cm³/mol. The van der Waals surface area contributed by atoms with E-state index in [0.29, 0.717) is 11.1 Å². The van der Waals surface area contributed by atoms with Crippen LogP contribution in [0.4, 0.5) is 0 Å². The molecule has 4 nitrogen and oxygen atoms in total. The standard InChI is InChI=1S/C30H26O4/c31-27(23-13-5-1-6-14-23)29(25-17-9-3-10-18-25)33-21-22-34-30(26-19-11-4-12-20-26)28(32)24-15-7-2-8-16-24/h1-20,29-30H,21-22H2. The SMILES string of the molecule is O=C(c1ccccc1)C(OCCOC(C(=O)c1ccccc1)c1ccccc1)c1ccccc1. The third-order valence-electron chi connectivity index (χ3n) is 5.45. The van der Waals surface area contributed by atoms with Crippen LogP contribution in [0, 0.1) is 0 Å². The lowest BCUT2D eigenvalue weighted by atomic mass is 9.99. The first-order valence-corrected chi connectivity index (χ1v) is 11.3. The zero-order valence-corrected chi connectivity index (χ0v) is 18.7. The Morgan fingerprint density at radius 3 is 1.09 bits per heavy atom. The maximum Gasteiger partial charge on any atom is 0.196 e. The van der Waals surface area contributed by atoms with Crippen LogP contribution >= 0.6 is 0 Å². The minimum atomic E-state index is -0.757. The van der Waals surface area contributed by atoms with E-state index in [1.165, 1.54) is 0 Å². The molecule has 4 heteroatoms. The van der Waals surface area contributed by atoms with E-state index in [-0.39, 0.29) is 24.8 Å². The molecule has 0 heterocycles. The normalized spacial score (nSPS) is 12.6. The van der Waals surface area contributed by atoms with Gasteiger partial charge < -0.3 is 9.47 Å². The van der Waals surface area contributed by atoms with Gasteiger partial charge in [0.25, 0.3) is 0 Å². The second-order valence-electron chi connectivity index (χ2n) is 7.78. The van der Waals surface area contributed by atoms with Crippen molar-refractivity contribution >= 4 is 11.6 Å². The Morgan fingerprint density at radius 1 is 0.471 bits per heavy atom. The summed E-state index contributed by atoms with van der Waals surface area (Å²) < 4.78 is 12.1. The van der Waals surface area contributed by atoms with E-state index in [1.54, 1.807) is 24.3 Å². The highest BCUT2D eigenvalue weighted by atomic mass is 16.5. The van der Waals surface area contributed by atoms with E-state index in [0.717, 1.165) is 11.1 Å². The molecule has 0 N–H and O–H groups in total. The fourth-order valence-corrected chi connectivity index (χ4v) is 3.74. The molecule has 0 bridgehead atoms. The largest absolute Gasteiger partial charge is 0.363 e. The van der Waals surface area contributed by atoms with Crippen molar-refractivity contribution in [1.29, 1.82) is 0 Å². The van der Waals surface area contributed by atoms with E-state index in [2.05, 4.69) is 0 Å². The summed E-state index contributed by atoms with van der Waals surface area (Å²) >= 11 is 0. The van der Waals surface area contributed by atoms with Crippen LogP contribution in [0.2, 0.25) is 0 Å². The number of ether oxygens (including phenoxy) is 2. The number of carbonyl (C=O) groups is 2. The molecule has 0 saturated carbocycles. The number of carbonyl (C=O) groups excluding carboxylic acids is 2. The molecule has 0 aliphatic carbocycles. The Labute approximate surface area is 199 Å². The zero-order valence-electron chi connectivity index (χ0n) is 18.7. The molecular formula is C30H26O4. The Hall–Kier alpha value is -3.86. The lowest BCUT2D eigenvalue weighted by Gasteiger charge is -2.20.